The van der Waals surface area contributed by atoms with Gasteiger partial charge in [0.2, 0.25) is 0 Å². The van der Waals surface area contributed by atoms with Crippen molar-refractivity contribution in [2.75, 3.05) is 6.54 Å². The molecule has 0 radical (unpaired) electrons. The maximum absolute atomic E-state index is 12.8. The van der Waals surface area contributed by atoms with E-state index in [9.17, 15) is 15.0 Å². The fraction of sp³-hybridized carbons (Fsp3) is 0.316. The van der Waals surface area contributed by atoms with Crippen molar-refractivity contribution in [1.29, 1.82) is 0 Å². The highest BCUT2D eigenvalue weighted by atomic mass is 16.3. The van der Waals surface area contributed by atoms with Crippen molar-refractivity contribution in [1.82, 2.24) is 5.32 Å². The van der Waals surface area contributed by atoms with E-state index in [1.165, 1.54) is 0 Å². The summed E-state index contributed by atoms with van der Waals surface area (Å²) >= 11 is 0. The highest BCUT2D eigenvalue weighted by Gasteiger charge is 2.42. The number of benzene rings is 2. The molecule has 1 fully saturated rings. The molecular weight excluding hydrogens is 290 g/mol. The summed E-state index contributed by atoms with van der Waals surface area (Å²) < 4.78 is 0. The third-order valence-corrected chi connectivity index (χ3v) is 4.57. The molecule has 23 heavy (non-hydrogen) atoms. The van der Waals surface area contributed by atoms with Crippen LogP contribution >= 0.6 is 0 Å². The molecule has 0 aromatic heterocycles. The predicted octanol–water partition coefficient (Wildman–Crippen LogP) is 1.95. The summed E-state index contributed by atoms with van der Waals surface area (Å²) in [7, 11) is 0. The standard InChI is InChI=1S/C19H21NO3/c21-17(20-14-18(22)12-7-13-18)19(23,15-8-3-1-4-9-15)16-10-5-2-6-11-16/h1-6,8-11,22-23H,7,12-14H2,(H,20,21). The fourth-order valence-electron chi connectivity index (χ4n) is 2.92. The van der Waals surface area contributed by atoms with Gasteiger partial charge in [-0.05, 0) is 30.4 Å². The molecule has 3 N–H and O–H groups in total. The predicted molar refractivity (Wildman–Crippen MR) is 87.7 cm³/mol. The second-order valence-corrected chi connectivity index (χ2v) is 6.20. The Hall–Kier alpha value is -2.17. The molecule has 0 heterocycles. The van der Waals surface area contributed by atoms with Crippen LogP contribution in [0.5, 0.6) is 0 Å². The van der Waals surface area contributed by atoms with Crippen LogP contribution in [0.2, 0.25) is 0 Å². The number of carbonyl (C=O) groups is 1. The number of nitrogens with one attached hydrogen (secondary N) is 1. The van der Waals surface area contributed by atoms with E-state index in [-0.39, 0.29) is 6.54 Å². The Morgan fingerprint density at radius 3 is 1.87 bits per heavy atom. The SMILES string of the molecule is O=C(NCC1(O)CCC1)C(O)(c1ccccc1)c1ccccc1. The molecule has 2 aromatic carbocycles. The molecule has 1 aliphatic carbocycles. The van der Waals surface area contributed by atoms with Gasteiger partial charge in [0.25, 0.3) is 5.91 Å². The Kier molecular flexibility index (Phi) is 4.20. The number of aliphatic hydroxyl groups is 2. The van der Waals surface area contributed by atoms with Gasteiger partial charge in [0.05, 0.1) is 5.60 Å². The zero-order chi connectivity index (χ0) is 16.3. The molecule has 1 saturated carbocycles. The van der Waals surface area contributed by atoms with E-state index in [0.29, 0.717) is 24.0 Å². The largest absolute Gasteiger partial charge is 0.388 e. The second-order valence-electron chi connectivity index (χ2n) is 6.20. The lowest BCUT2D eigenvalue weighted by atomic mass is 9.79. The van der Waals surface area contributed by atoms with Gasteiger partial charge in [-0.1, -0.05) is 60.7 Å². The first-order chi connectivity index (χ1) is 11.0. The summed E-state index contributed by atoms with van der Waals surface area (Å²) in [5.74, 6) is -0.518. The first-order valence-electron chi connectivity index (χ1n) is 7.89. The average Bonchev–Trinajstić information content (AvgIpc) is 2.58. The number of amides is 1. The van der Waals surface area contributed by atoms with Gasteiger partial charge < -0.3 is 15.5 Å². The van der Waals surface area contributed by atoms with E-state index in [2.05, 4.69) is 5.32 Å². The topological polar surface area (TPSA) is 69.6 Å². The van der Waals surface area contributed by atoms with Crippen LogP contribution in [-0.4, -0.2) is 28.3 Å². The monoisotopic (exact) mass is 311 g/mol. The van der Waals surface area contributed by atoms with Gasteiger partial charge in [0.1, 0.15) is 0 Å². The van der Waals surface area contributed by atoms with Crippen molar-refractivity contribution in [3.63, 3.8) is 0 Å². The Bertz CT molecular complexity index is 626. The van der Waals surface area contributed by atoms with Crippen molar-refractivity contribution in [2.24, 2.45) is 0 Å². The molecule has 0 saturated heterocycles. The van der Waals surface area contributed by atoms with Gasteiger partial charge in [-0.3, -0.25) is 4.79 Å². The molecule has 3 rings (SSSR count). The number of hydrogen-bond donors (Lipinski definition) is 3. The van der Waals surface area contributed by atoms with Gasteiger partial charge >= 0.3 is 0 Å². The van der Waals surface area contributed by atoms with Crippen molar-refractivity contribution in [3.05, 3.63) is 71.8 Å². The van der Waals surface area contributed by atoms with E-state index in [1.54, 1.807) is 48.5 Å². The van der Waals surface area contributed by atoms with Gasteiger partial charge in [0.15, 0.2) is 5.60 Å². The van der Waals surface area contributed by atoms with Crippen molar-refractivity contribution < 1.29 is 15.0 Å². The highest BCUT2D eigenvalue weighted by Crippen LogP contribution is 2.33. The van der Waals surface area contributed by atoms with Crippen LogP contribution in [-0.2, 0) is 10.4 Å². The molecule has 0 spiro atoms. The van der Waals surface area contributed by atoms with Crippen LogP contribution in [0.15, 0.2) is 60.7 Å². The van der Waals surface area contributed by atoms with Crippen LogP contribution in [0.4, 0.5) is 0 Å². The molecule has 4 heteroatoms. The lowest BCUT2D eigenvalue weighted by Crippen LogP contribution is -2.53. The van der Waals surface area contributed by atoms with Crippen LogP contribution < -0.4 is 5.32 Å². The molecule has 4 nitrogen and oxygen atoms in total. The summed E-state index contributed by atoms with van der Waals surface area (Å²) in [5, 5.41) is 24.1. The number of carbonyl (C=O) groups excluding carboxylic acids is 1. The number of rotatable bonds is 5. The maximum atomic E-state index is 12.8. The molecule has 1 aliphatic rings. The van der Waals surface area contributed by atoms with Crippen LogP contribution in [0.25, 0.3) is 0 Å². The van der Waals surface area contributed by atoms with E-state index >= 15 is 0 Å². The Labute approximate surface area is 135 Å². The first kappa shape index (κ1) is 15.7. The zero-order valence-corrected chi connectivity index (χ0v) is 12.9. The number of hydrogen-bond acceptors (Lipinski definition) is 3. The van der Waals surface area contributed by atoms with E-state index in [1.807, 2.05) is 12.1 Å². The summed E-state index contributed by atoms with van der Waals surface area (Å²) in [6.07, 6.45) is 2.33. The van der Waals surface area contributed by atoms with Crippen LogP contribution in [0.3, 0.4) is 0 Å². The third-order valence-electron chi connectivity index (χ3n) is 4.57. The molecule has 0 unspecified atom stereocenters. The normalized spacial score (nSPS) is 16.4. The second kappa shape index (κ2) is 6.14. The molecule has 0 atom stereocenters. The highest BCUT2D eigenvalue weighted by molar-refractivity contribution is 5.90. The van der Waals surface area contributed by atoms with Crippen LogP contribution in [0, 0.1) is 0 Å². The molecule has 120 valence electrons. The first-order valence-corrected chi connectivity index (χ1v) is 7.89. The molecule has 0 aliphatic heterocycles. The Morgan fingerprint density at radius 1 is 1.00 bits per heavy atom. The minimum Gasteiger partial charge on any atom is -0.388 e. The fourth-order valence-corrected chi connectivity index (χ4v) is 2.92. The van der Waals surface area contributed by atoms with Gasteiger partial charge in [0, 0.05) is 6.54 Å². The smallest absolute Gasteiger partial charge is 0.261 e. The lowest BCUT2D eigenvalue weighted by Gasteiger charge is -2.38. The minimum atomic E-state index is -1.78. The molecule has 0 bridgehead atoms. The summed E-state index contributed by atoms with van der Waals surface area (Å²) in [4.78, 5) is 12.8. The van der Waals surface area contributed by atoms with Gasteiger partial charge in [-0.15, -0.1) is 0 Å². The van der Waals surface area contributed by atoms with Crippen molar-refractivity contribution in [3.8, 4) is 0 Å². The minimum absolute atomic E-state index is 0.161. The van der Waals surface area contributed by atoms with Gasteiger partial charge in [-0.25, -0.2) is 0 Å². The average molecular weight is 311 g/mol. The quantitative estimate of drug-likeness (QED) is 0.790. The van der Waals surface area contributed by atoms with Crippen molar-refractivity contribution in [2.45, 2.75) is 30.5 Å². The van der Waals surface area contributed by atoms with E-state index in [0.717, 1.165) is 6.42 Å². The Balaban J connectivity index is 1.90. The lowest BCUT2D eigenvalue weighted by molar-refractivity contribution is -0.139. The molecular formula is C19H21NO3. The van der Waals surface area contributed by atoms with E-state index in [4.69, 9.17) is 0 Å². The summed E-state index contributed by atoms with van der Waals surface area (Å²) in [6.45, 7) is 0.161. The summed E-state index contributed by atoms with van der Waals surface area (Å²) in [5.41, 5.74) is -1.60. The molecule has 1 amide bonds. The van der Waals surface area contributed by atoms with Crippen molar-refractivity contribution >= 4 is 5.91 Å². The third kappa shape index (κ3) is 3.00. The molecule has 2 aromatic rings. The van der Waals surface area contributed by atoms with Gasteiger partial charge in [-0.2, -0.15) is 0 Å². The Morgan fingerprint density at radius 2 is 1.48 bits per heavy atom. The summed E-state index contributed by atoms with van der Waals surface area (Å²) in [6, 6.07) is 17.7. The zero-order valence-electron chi connectivity index (χ0n) is 12.9. The van der Waals surface area contributed by atoms with E-state index < -0.39 is 17.1 Å². The van der Waals surface area contributed by atoms with Crippen LogP contribution in [0.1, 0.15) is 30.4 Å². The maximum Gasteiger partial charge on any atom is 0.261 e.